The number of rotatable bonds is 6. The quantitative estimate of drug-likeness (QED) is 0.407. The highest BCUT2D eigenvalue weighted by Crippen LogP contribution is 2.34. The van der Waals surface area contributed by atoms with E-state index in [4.69, 9.17) is 21.1 Å². The average molecular weight is 518 g/mol. The van der Waals surface area contributed by atoms with Crippen LogP contribution in [-0.2, 0) is 17.1 Å². The number of hydrogen-bond donors (Lipinski definition) is 1. The van der Waals surface area contributed by atoms with Gasteiger partial charge in [-0.25, -0.2) is 8.42 Å². The number of carbonyl (C=O) groups is 1. The van der Waals surface area contributed by atoms with Gasteiger partial charge in [0, 0.05) is 23.3 Å². The first kappa shape index (κ1) is 23.8. The van der Waals surface area contributed by atoms with Crippen molar-refractivity contribution in [2.24, 2.45) is 12.0 Å². The normalized spacial score (nSPS) is 12.1. The minimum atomic E-state index is -3.85. The zero-order chi connectivity index (χ0) is 24.5. The summed E-state index contributed by atoms with van der Waals surface area (Å²) in [5, 5.41) is 0.429. The molecular weight excluding hydrogens is 498 g/mol. The molecular formula is C23H20ClN3O5S2. The molecule has 0 spiro atoms. The fourth-order valence-corrected chi connectivity index (χ4v) is 5.63. The number of ether oxygens (including phenoxy) is 2. The lowest BCUT2D eigenvalue weighted by Gasteiger charge is -2.09. The summed E-state index contributed by atoms with van der Waals surface area (Å²) in [6.07, 6.45) is 0. The van der Waals surface area contributed by atoms with Gasteiger partial charge in [-0.05, 0) is 54.6 Å². The van der Waals surface area contributed by atoms with Crippen LogP contribution < -0.4 is 19.0 Å². The summed E-state index contributed by atoms with van der Waals surface area (Å²) in [7, 11) is 1.07. The molecule has 1 N–H and O–H groups in total. The van der Waals surface area contributed by atoms with Gasteiger partial charge >= 0.3 is 0 Å². The number of aryl methyl sites for hydroxylation is 1. The second-order valence-electron chi connectivity index (χ2n) is 7.15. The molecule has 0 radical (unpaired) electrons. The van der Waals surface area contributed by atoms with Crippen LogP contribution in [0.4, 0.5) is 5.69 Å². The number of thiazole rings is 1. The van der Waals surface area contributed by atoms with Gasteiger partial charge in [0.2, 0.25) is 0 Å². The molecule has 4 rings (SSSR count). The molecule has 1 heterocycles. The number of hydrogen-bond acceptors (Lipinski definition) is 6. The number of fused-ring (bicyclic) bond motifs is 1. The second-order valence-corrected chi connectivity index (χ2v) is 10.2. The summed E-state index contributed by atoms with van der Waals surface area (Å²) in [5.74, 6) is 0.749. The molecule has 0 fully saturated rings. The Bertz CT molecular complexity index is 1560. The predicted molar refractivity (Wildman–Crippen MR) is 132 cm³/mol. The van der Waals surface area contributed by atoms with Gasteiger partial charge in [0.15, 0.2) is 4.80 Å². The number of methoxy groups -OCH3 is 2. The Balaban J connectivity index is 1.69. The highest BCUT2D eigenvalue weighted by molar-refractivity contribution is 7.92. The fraction of sp³-hybridized carbons (Fsp3) is 0.130. The molecule has 0 unspecified atom stereocenters. The smallest absolute Gasteiger partial charge is 0.279 e. The Morgan fingerprint density at radius 1 is 1.03 bits per heavy atom. The molecule has 11 heteroatoms. The van der Waals surface area contributed by atoms with Crippen molar-refractivity contribution in [2.45, 2.75) is 4.90 Å². The molecule has 0 aliphatic carbocycles. The number of nitrogens with zero attached hydrogens (tertiary/aromatic N) is 2. The van der Waals surface area contributed by atoms with Crippen LogP contribution >= 0.6 is 22.9 Å². The molecule has 4 aromatic rings. The van der Waals surface area contributed by atoms with Crippen molar-refractivity contribution in [2.75, 3.05) is 18.9 Å². The SMILES string of the molecule is COc1ccc(OC)c2c1sc(=NC(=O)c1cccc(NS(=O)(=O)c3ccc(Cl)cc3)c1)n2C. The monoisotopic (exact) mass is 517 g/mol. The van der Waals surface area contributed by atoms with Gasteiger partial charge in [0.1, 0.15) is 21.7 Å². The minimum absolute atomic E-state index is 0.0542. The lowest BCUT2D eigenvalue weighted by molar-refractivity contribution is 0.0998. The number of benzene rings is 3. The predicted octanol–water partition coefficient (Wildman–Crippen LogP) is 4.45. The van der Waals surface area contributed by atoms with E-state index in [0.29, 0.717) is 21.3 Å². The van der Waals surface area contributed by atoms with Gasteiger partial charge in [-0.2, -0.15) is 4.99 Å². The molecule has 0 aliphatic rings. The maximum Gasteiger partial charge on any atom is 0.279 e. The number of anilines is 1. The number of halogens is 1. The summed E-state index contributed by atoms with van der Waals surface area (Å²) in [6.45, 7) is 0. The van der Waals surface area contributed by atoms with E-state index in [1.54, 1.807) is 56.2 Å². The standard InChI is InChI=1S/C23H20ClN3O5S2/c1-27-20-18(31-2)11-12-19(32-3)21(20)33-23(27)25-22(28)14-5-4-6-16(13-14)26-34(29,30)17-9-7-15(24)8-10-17/h4-13,26H,1-3H3. The summed E-state index contributed by atoms with van der Waals surface area (Å²) in [5.41, 5.74) is 1.22. The molecule has 0 atom stereocenters. The largest absolute Gasteiger partial charge is 0.495 e. The first-order valence-corrected chi connectivity index (χ1v) is 12.6. The van der Waals surface area contributed by atoms with Gasteiger partial charge < -0.3 is 14.0 Å². The van der Waals surface area contributed by atoms with E-state index in [1.165, 1.54) is 41.7 Å². The summed E-state index contributed by atoms with van der Waals surface area (Å²) in [6, 6.07) is 15.5. The van der Waals surface area contributed by atoms with Crippen molar-refractivity contribution in [1.29, 1.82) is 0 Å². The lowest BCUT2D eigenvalue weighted by atomic mass is 10.2. The van der Waals surface area contributed by atoms with Gasteiger partial charge in [-0.15, -0.1) is 0 Å². The molecule has 176 valence electrons. The van der Waals surface area contributed by atoms with Gasteiger partial charge in [0.25, 0.3) is 15.9 Å². The zero-order valence-corrected chi connectivity index (χ0v) is 20.8. The van der Waals surface area contributed by atoms with E-state index >= 15 is 0 Å². The van der Waals surface area contributed by atoms with Gasteiger partial charge in [-0.3, -0.25) is 9.52 Å². The zero-order valence-electron chi connectivity index (χ0n) is 18.4. The number of aromatic nitrogens is 1. The van der Waals surface area contributed by atoms with E-state index in [9.17, 15) is 13.2 Å². The third kappa shape index (κ3) is 4.65. The molecule has 8 nitrogen and oxygen atoms in total. The van der Waals surface area contributed by atoms with Crippen LogP contribution in [0.2, 0.25) is 5.02 Å². The molecule has 0 saturated heterocycles. The lowest BCUT2D eigenvalue weighted by Crippen LogP contribution is -2.15. The Hall–Kier alpha value is -3.34. The molecule has 0 aliphatic heterocycles. The second kappa shape index (κ2) is 9.49. The maximum absolute atomic E-state index is 12.9. The third-order valence-electron chi connectivity index (χ3n) is 5.00. The van der Waals surface area contributed by atoms with Crippen LogP contribution in [0.25, 0.3) is 10.2 Å². The summed E-state index contributed by atoms with van der Waals surface area (Å²) < 4.78 is 41.2. The van der Waals surface area contributed by atoms with Crippen molar-refractivity contribution < 1.29 is 22.7 Å². The van der Waals surface area contributed by atoms with E-state index < -0.39 is 15.9 Å². The molecule has 3 aromatic carbocycles. The van der Waals surface area contributed by atoms with Crippen LogP contribution in [0, 0.1) is 0 Å². The Kier molecular flexibility index (Phi) is 6.65. The van der Waals surface area contributed by atoms with E-state index in [2.05, 4.69) is 9.71 Å². The Labute approximate surface area is 205 Å². The fourth-order valence-electron chi connectivity index (χ4n) is 3.32. The average Bonchev–Trinajstić information content (AvgIpc) is 3.14. The van der Waals surface area contributed by atoms with Crippen molar-refractivity contribution in [3.63, 3.8) is 0 Å². The number of nitrogens with one attached hydrogen (secondary N) is 1. The summed E-state index contributed by atoms with van der Waals surface area (Å²) >= 11 is 7.13. The molecule has 0 saturated carbocycles. The van der Waals surface area contributed by atoms with Crippen LogP contribution in [0.15, 0.2) is 70.6 Å². The summed E-state index contributed by atoms with van der Waals surface area (Å²) in [4.78, 5) is 17.7. The Morgan fingerprint density at radius 3 is 2.38 bits per heavy atom. The van der Waals surface area contributed by atoms with E-state index in [0.717, 1.165) is 10.2 Å². The molecule has 34 heavy (non-hydrogen) atoms. The van der Waals surface area contributed by atoms with Crippen LogP contribution in [-0.4, -0.2) is 33.1 Å². The van der Waals surface area contributed by atoms with E-state index in [1.807, 2.05) is 0 Å². The molecule has 1 aromatic heterocycles. The third-order valence-corrected chi connectivity index (χ3v) is 7.79. The molecule has 0 bridgehead atoms. The van der Waals surface area contributed by atoms with Crippen molar-refractivity contribution in [3.8, 4) is 11.5 Å². The van der Waals surface area contributed by atoms with E-state index in [-0.39, 0.29) is 16.1 Å². The minimum Gasteiger partial charge on any atom is -0.495 e. The number of carbonyl (C=O) groups excluding carboxylic acids is 1. The van der Waals surface area contributed by atoms with Crippen LogP contribution in [0.1, 0.15) is 10.4 Å². The highest BCUT2D eigenvalue weighted by Gasteiger charge is 2.17. The highest BCUT2D eigenvalue weighted by atomic mass is 35.5. The first-order chi connectivity index (χ1) is 16.2. The first-order valence-electron chi connectivity index (χ1n) is 9.91. The maximum atomic E-state index is 12.9. The number of amides is 1. The Morgan fingerprint density at radius 2 is 1.71 bits per heavy atom. The van der Waals surface area contributed by atoms with Crippen molar-refractivity contribution in [1.82, 2.24) is 4.57 Å². The van der Waals surface area contributed by atoms with Gasteiger partial charge in [0.05, 0.1) is 19.1 Å². The van der Waals surface area contributed by atoms with Crippen LogP contribution in [0.5, 0.6) is 11.5 Å². The van der Waals surface area contributed by atoms with Crippen molar-refractivity contribution in [3.05, 3.63) is 76.1 Å². The molecule has 1 amide bonds. The number of sulfonamides is 1. The van der Waals surface area contributed by atoms with Crippen molar-refractivity contribution >= 4 is 54.8 Å². The topological polar surface area (TPSA) is 99.0 Å². The van der Waals surface area contributed by atoms with Gasteiger partial charge in [-0.1, -0.05) is 29.0 Å². The van der Waals surface area contributed by atoms with Crippen LogP contribution in [0.3, 0.4) is 0 Å².